The minimum Gasteiger partial charge on any atom is -0.302 e. The summed E-state index contributed by atoms with van der Waals surface area (Å²) in [5.41, 5.74) is 5.31. The normalized spacial score (nSPS) is 19.5. The monoisotopic (exact) mass is 341 g/mol. The molecule has 4 rings (SSSR count). The summed E-state index contributed by atoms with van der Waals surface area (Å²) in [5, 5.41) is 3.25. The van der Waals surface area contributed by atoms with Crippen LogP contribution in [0.2, 0.25) is 0 Å². The number of amides is 1. The fourth-order valence-corrected chi connectivity index (χ4v) is 3.69. The van der Waals surface area contributed by atoms with E-state index in [-0.39, 0.29) is 5.91 Å². The second-order valence-electron chi connectivity index (χ2n) is 6.19. The Balaban J connectivity index is 1.70. The Morgan fingerprint density at radius 1 is 1.29 bits per heavy atom. The number of carbonyl (C=O) groups excluding carboxylic acids is 1. The van der Waals surface area contributed by atoms with Crippen LogP contribution in [-0.4, -0.2) is 22.0 Å². The number of alkyl halides is 1. The standard InChI is InChI=1S/C18H16FN3OS/c1-9-3-4-20-8-13(9)11-7-16-15(5-10(11)2)21-18(24-16)22-17(23)12-6-14(12)19/h3-5,7-8,12,14H,6H2,1-2H3,(H,21,22,23). The number of aromatic nitrogens is 2. The molecule has 6 heteroatoms. The smallest absolute Gasteiger partial charge is 0.232 e. The maximum absolute atomic E-state index is 13.0. The summed E-state index contributed by atoms with van der Waals surface area (Å²) < 4.78 is 14.0. The zero-order valence-corrected chi connectivity index (χ0v) is 14.2. The number of thiazole rings is 1. The Bertz CT molecular complexity index is 953. The maximum Gasteiger partial charge on any atom is 0.232 e. The van der Waals surface area contributed by atoms with Crippen molar-refractivity contribution in [2.24, 2.45) is 5.92 Å². The number of hydrogen-bond donors (Lipinski definition) is 1. The zero-order valence-electron chi connectivity index (χ0n) is 13.3. The van der Waals surface area contributed by atoms with E-state index in [1.807, 2.05) is 25.3 Å². The summed E-state index contributed by atoms with van der Waals surface area (Å²) in [6.07, 6.45) is 2.96. The van der Waals surface area contributed by atoms with Gasteiger partial charge in [-0.05, 0) is 55.2 Å². The van der Waals surface area contributed by atoms with E-state index < -0.39 is 12.1 Å². The summed E-state index contributed by atoms with van der Waals surface area (Å²) in [6.45, 7) is 4.10. The van der Waals surface area contributed by atoms with Crippen molar-refractivity contribution in [3.8, 4) is 11.1 Å². The lowest BCUT2D eigenvalue weighted by Gasteiger charge is -2.08. The van der Waals surface area contributed by atoms with Crippen LogP contribution >= 0.6 is 11.3 Å². The number of anilines is 1. The topological polar surface area (TPSA) is 54.9 Å². The fraction of sp³-hybridized carbons (Fsp3) is 0.278. The Morgan fingerprint density at radius 3 is 2.79 bits per heavy atom. The lowest BCUT2D eigenvalue weighted by atomic mass is 9.98. The molecular weight excluding hydrogens is 325 g/mol. The number of hydrogen-bond acceptors (Lipinski definition) is 4. The zero-order chi connectivity index (χ0) is 16.8. The van der Waals surface area contributed by atoms with Gasteiger partial charge in [0.1, 0.15) is 6.17 Å². The van der Waals surface area contributed by atoms with Crippen molar-refractivity contribution < 1.29 is 9.18 Å². The van der Waals surface area contributed by atoms with Crippen molar-refractivity contribution in [2.45, 2.75) is 26.4 Å². The number of nitrogens with one attached hydrogen (secondary N) is 1. The maximum atomic E-state index is 13.0. The Labute approximate surface area is 142 Å². The highest BCUT2D eigenvalue weighted by Gasteiger charge is 2.43. The molecule has 0 bridgehead atoms. The van der Waals surface area contributed by atoms with E-state index >= 15 is 0 Å². The number of benzene rings is 1. The Kier molecular flexibility index (Phi) is 3.57. The number of carbonyl (C=O) groups is 1. The molecule has 4 nitrogen and oxygen atoms in total. The molecule has 0 radical (unpaired) electrons. The van der Waals surface area contributed by atoms with Gasteiger partial charge in [0.15, 0.2) is 5.13 Å². The van der Waals surface area contributed by atoms with Gasteiger partial charge in [-0.1, -0.05) is 11.3 Å². The average Bonchev–Trinajstić information content (AvgIpc) is 3.15. The van der Waals surface area contributed by atoms with Crippen molar-refractivity contribution >= 4 is 32.6 Å². The molecule has 2 atom stereocenters. The summed E-state index contributed by atoms with van der Waals surface area (Å²) >= 11 is 1.41. The van der Waals surface area contributed by atoms with Gasteiger partial charge in [-0.2, -0.15) is 0 Å². The average molecular weight is 341 g/mol. The van der Waals surface area contributed by atoms with Crippen LogP contribution in [0, 0.1) is 19.8 Å². The van der Waals surface area contributed by atoms with Crippen LogP contribution < -0.4 is 5.32 Å². The third-order valence-corrected chi connectivity index (χ3v) is 5.28. The third-order valence-electron chi connectivity index (χ3n) is 4.34. The first-order valence-corrected chi connectivity index (χ1v) is 8.61. The van der Waals surface area contributed by atoms with Gasteiger partial charge in [0.25, 0.3) is 0 Å². The molecule has 0 spiro atoms. The molecule has 1 N–H and O–H groups in total. The third kappa shape index (κ3) is 2.67. The number of aryl methyl sites for hydroxylation is 2. The van der Waals surface area contributed by atoms with Gasteiger partial charge >= 0.3 is 0 Å². The minimum absolute atomic E-state index is 0.276. The SMILES string of the molecule is Cc1ccncc1-c1cc2sc(NC(=O)C3CC3F)nc2cc1C. The van der Waals surface area contributed by atoms with E-state index in [4.69, 9.17) is 0 Å². The van der Waals surface area contributed by atoms with E-state index in [2.05, 4.69) is 28.3 Å². The van der Waals surface area contributed by atoms with Crippen molar-refractivity contribution in [3.63, 3.8) is 0 Å². The summed E-state index contributed by atoms with van der Waals surface area (Å²) in [6, 6.07) is 6.08. The number of halogens is 1. The molecule has 1 saturated carbocycles. The van der Waals surface area contributed by atoms with Gasteiger partial charge in [-0.25, -0.2) is 9.37 Å². The first-order chi connectivity index (χ1) is 11.5. The van der Waals surface area contributed by atoms with Crippen LogP contribution in [-0.2, 0) is 4.79 Å². The van der Waals surface area contributed by atoms with Gasteiger partial charge in [0.2, 0.25) is 5.91 Å². The predicted octanol–water partition coefficient (Wildman–Crippen LogP) is 4.27. The lowest BCUT2D eigenvalue weighted by Crippen LogP contribution is -2.14. The van der Waals surface area contributed by atoms with Gasteiger partial charge in [0.05, 0.1) is 16.1 Å². The molecule has 1 fully saturated rings. The highest BCUT2D eigenvalue weighted by Crippen LogP contribution is 2.37. The van der Waals surface area contributed by atoms with Gasteiger partial charge in [0, 0.05) is 18.0 Å². The Hall–Kier alpha value is -2.34. The van der Waals surface area contributed by atoms with Crippen molar-refractivity contribution in [2.75, 3.05) is 5.32 Å². The van der Waals surface area contributed by atoms with Gasteiger partial charge < -0.3 is 5.32 Å². The quantitative estimate of drug-likeness (QED) is 0.774. The van der Waals surface area contributed by atoms with E-state index in [1.165, 1.54) is 11.3 Å². The van der Waals surface area contributed by atoms with Gasteiger partial charge in [-0.3, -0.25) is 9.78 Å². The van der Waals surface area contributed by atoms with Crippen LogP contribution in [0.5, 0.6) is 0 Å². The highest BCUT2D eigenvalue weighted by molar-refractivity contribution is 7.22. The predicted molar refractivity (Wildman–Crippen MR) is 94.0 cm³/mol. The van der Waals surface area contributed by atoms with Crippen molar-refractivity contribution in [1.29, 1.82) is 0 Å². The number of pyridine rings is 1. The fourth-order valence-electron chi connectivity index (χ4n) is 2.80. The molecule has 0 saturated heterocycles. The van der Waals surface area contributed by atoms with E-state index in [9.17, 15) is 9.18 Å². The molecule has 3 aromatic rings. The van der Waals surface area contributed by atoms with Crippen LogP contribution in [0.15, 0.2) is 30.6 Å². The number of nitrogens with zero attached hydrogens (tertiary/aromatic N) is 2. The number of fused-ring (bicyclic) bond motifs is 1. The molecule has 0 aliphatic heterocycles. The molecule has 1 aliphatic carbocycles. The van der Waals surface area contributed by atoms with Crippen LogP contribution in [0.4, 0.5) is 9.52 Å². The van der Waals surface area contributed by atoms with Crippen LogP contribution in [0.25, 0.3) is 21.3 Å². The van der Waals surface area contributed by atoms with Crippen molar-refractivity contribution in [3.05, 3.63) is 41.7 Å². The minimum atomic E-state index is -0.998. The van der Waals surface area contributed by atoms with E-state index in [0.29, 0.717) is 11.6 Å². The van der Waals surface area contributed by atoms with E-state index in [1.54, 1.807) is 6.20 Å². The second-order valence-corrected chi connectivity index (χ2v) is 7.22. The van der Waals surface area contributed by atoms with Crippen molar-refractivity contribution in [1.82, 2.24) is 9.97 Å². The molecule has 1 aromatic carbocycles. The first-order valence-electron chi connectivity index (χ1n) is 7.80. The first kappa shape index (κ1) is 15.2. The molecular formula is C18H16FN3OS. The van der Waals surface area contributed by atoms with Crippen LogP contribution in [0.1, 0.15) is 17.5 Å². The molecule has 122 valence electrons. The van der Waals surface area contributed by atoms with Gasteiger partial charge in [-0.15, -0.1) is 0 Å². The molecule has 2 heterocycles. The number of rotatable bonds is 3. The summed E-state index contributed by atoms with van der Waals surface area (Å²) in [7, 11) is 0. The van der Waals surface area contributed by atoms with Crippen LogP contribution in [0.3, 0.4) is 0 Å². The Morgan fingerprint density at radius 2 is 2.08 bits per heavy atom. The molecule has 1 amide bonds. The summed E-state index contributed by atoms with van der Waals surface area (Å²) in [5.74, 6) is -0.783. The van der Waals surface area contributed by atoms with E-state index in [0.717, 1.165) is 32.5 Å². The molecule has 2 aromatic heterocycles. The summed E-state index contributed by atoms with van der Waals surface area (Å²) in [4.78, 5) is 20.5. The second kappa shape index (κ2) is 5.63. The molecule has 1 aliphatic rings. The lowest BCUT2D eigenvalue weighted by molar-refractivity contribution is -0.117. The highest BCUT2D eigenvalue weighted by atomic mass is 32.1. The molecule has 2 unspecified atom stereocenters. The largest absolute Gasteiger partial charge is 0.302 e. The molecule has 24 heavy (non-hydrogen) atoms.